The Morgan fingerprint density at radius 1 is 1.03 bits per heavy atom. The van der Waals surface area contributed by atoms with Crippen LogP contribution in [0, 0.1) is 6.92 Å². The van der Waals surface area contributed by atoms with Crippen molar-refractivity contribution in [2.24, 2.45) is 0 Å². The SMILES string of the molecule is COc1ccc(C)cc1NC(=O)C(=O)NCCCc1ccc(N2CCCC2)cc1. The number of carbonyl (C=O) groups is 2. The van der Waals surface area contributed by atoms with Gasteiger partial charge in [0.2, 0.25) is 0 Å². The van der Waals surface area contributed by atoms with Crippen LogP contribution in [0.3, 0.4) is 0 Å². The summed E-state index contributed by atoms with van der Waals surface area (Å²) < 4.78 is 5.22. The molecule has 154 valence electrons. The molecular formula is C23H29N3O3. The summed E-state index contributed by atoms with van der Waals surface area (Å²) in [5.41, 5.74) is 3.97. The molecule has 1 saturated heterocycles. The molecule has 0 aromatic heterocycles. The van der Waals surface area contributed by atoms with E-state index < -0.39 is 11.8 Å². The molecule has 29 heavy (non-hydrogen) atoms. The minimum Gasteiger partial charge on any atom is -0.495 e. The van der Waals surface area contributed by atoms with Gasteiger partial charge < -0.3 is 20.3 Å². The van der Waals surface area contributed by atoms with Crippen molar-refractivity contribution in [3.63, 3.8) is 0 Å². The lowest BCUT2D eigenvalue weighted by molar-refractivity contribution is -0.136. The zero-order valence-electron chi connectivity index (χ0n) is 17.2. The zero-order chi connectivity index (χ0) is 20.6. The third-order valence-corrected chi connectivity index (χ3v) is 5.14. The van der Waals surface area contributed by atoms with Crippen molar-refractivity contribution < 1.29 is 14.3 Å². The monoisotopic (exact) mass is 395 g/mol. The highest BCUT2D eigenvalue weighted by Gasteiger charge is 2.15. The Hall–Kier alpha value is -3.02. The number of hydrogen-bond donors (Lipinski definition) is 2. The fraction of sp³-hybridized carbons (Fsp3) is 0.391. The molecule has 0 radical (unpaired) electrons. The van der Waals surface area contributed by atoms with Crippen LogP contribution in [0.15, 0.2) is 42.5 Å². The number of aryl methyl sites for hydroxylation is 2. The maximum Gasteiger partial charge on any atom is 0.313 e. The van der Waals surface area contributed by atoms with Gasteiger partial charge in [0.15, 0.2) is 0 Å². The van der Waals surface area contributed by atoms with Crippen molar-refractivity contribution in [2.75, 3.05) is 37.0 Å². The maximum absolute atomic E-state index is 12.1. The minimum absolute atomic E-state index is 0.449. The fourth-order valence-corrected chi connectivity index (χ4v) is 3.52. The molecule has 1 aliphatic rings. The molecule has 0 atom stereocenters. The van der Waals surface area contributed by atoms with Gasteiger partial charge in [-0.15, -0.1) is 0 Å². The van der Waals surface area contributed by atoms with Crippen LogP contribution in [0.2, 0.25) is 0 Å². The standard InChI is InChI=1S/C23H29N3O3/c1-17-7-12-21(29-2)20(16-17)25-23(28)22(27)24-13-5-6-18-8-10-19(11-9-18)26-14-3-4-15-26/h7-12,16H,3-6,13-15H2,1-2H3,(H,24,27)(H,25,28). The number of hydrogen-bond acceptors (Lipinski definition) is 4. The van der Waals surface area contributed by atoms with Crippen molar-refractivity contribution in [2.45, 2.75) is 32.6 Å². The first-order valence-electron chi connectivity index (χ1n) is 10.1. The first-order valence-corrected chi connectivity index (χ1v) is 10.1. The number of amides is 2. The van der Waals surface area contributed by atoms with Crippen molar-refractivity contribution >= 4 is 23.2 Å². The second-order valence-electron chi connectivity index (χ2n) is 7.38. The molecule has 2 aromatic rings. The van der Waals surface area contributed by atoms with Gasteiger partial charge >= 0.3 is 11.8 Å². The summed E-state index contributed by atoms with van der Waals surface area (Å²) in [6.07, 6.45) is 4.17. The number of ether oxygens (including phenoxy) is 1. The quantitative estimate of drug-likeness (QED) is 0.558. The lowest BCUT2D eigenvalue weighted by atomic mass is 10.1. The summed E-state index contributed by atoms with van der Waals surface area (Å²) >= 11 is 0. The summed E-state index contributed by atoms with van der Waals surface area (Å²) in [5.74, 6) is -0.809. The van der Waals surface area contributed by atoms with E-state index in [1.807, 2.05) is 13.0 Å². The molecule has 0 unspecified atom stereocenters. The van der Waals surface area contributed by atoms with E-state index >= 15 is 0 Å². The lowest BCUT2D eigenvalue weighted by Crippen LogP contribution is -2.36. The van der Waals surface area contributed by atoms with Gasteiger partial charge in [0.1, 0.15) is 5.75 Å². The van der Waals surface area contributed by atoms with Crippen LogP contribution in [-0.2, 0) is 16.0 Å². The number of benzene rings is 2. The summed E-state index contributed by atoms with van der Waals surface area (Å²) in [6.45, 7) is 4.64. The van der Waals surface area contributed by atoms with E-state index in [9.17, 15) is 9.59 Å². The molecule has 1 heterocycles. The van der Waals surface area contributed by atoms with Crippen LogP contribution >= 0.6 is 0 Å². The van der Waals surface area contributed by atoms with Crippen LogP contribution in [0.1, 0.15) is 30.4 Å². The molecule has 2 N–H and O–H groups in total. The summed E-state index contributed by atoms with van der Waals surface area (Å²) in [4.78, 5) is 26.6. The number of nitrogens with zero attached hydrogens (tertiary/aromatic N) is 1. The van der Waals surface area contributed by atoms with Crippen LogP contribution in [0.5, 0.6) is 5.75 Å². The fourth-order valence-electron chi connectivity index (χ4n) is 3.52. The average molecular weight is 396 g/mol. The Balaban J connectivity index is 1.41. The topological polar surface area (TPSA) is 70.7 Å². The van der Waals surface area contributed by atoms with E-state index in [0.29, 0.717) is 18.0 Å². The Morgan fingerprint density at radius 3 is 2.45 bits per heavy atom. The Bertz CT molecular complexity index is 843. The maximum atomic E-state index is 12.1. The van der Waals surface area contributed by atoms with Gasteiger partial charge in [-0.1, -0.05) is 18.2 Å². The van der Waals surface area contributed by atoms with E-state index in [1.54, 1.807) is 12.1 Å². The first-order chi connectivity index (χ1) is 14.1. The van der Waals surface area contributed by atoms with Crippen LogP contribution in [0.25, 0.3) is 0 Å². The van der Waals surface area contributed by atoms with Gasteiger partial charge in [-0.3, -0.25) is 9.59 Å². The Labute approximate surface area is 172 Å². The number of anilines is 2. The number of rotatable bonds is 7. The van der Waals surface area contributed by atoms with E-state index in [0.717, 1.165) is 31.5 Å². The predicted octanol–water partition coefficient (Wildman–Crippen LogP) is 3.29. The molecule has 0 spiro atoms. The van der Waals surface area contributed by atoms with E-state index in [1.165, 1.54) is 31.2 Å². The van der Waals surface area contributed by atoms with Crippen molar-refractivity contribution in [1.82, 2.24) is 5.32 Å². The highest BCUT2D eigenvalue weighted by atomic mass is 16.5. The third-order valence-electron chi connectivity index (χ3n) is 5.14. The Kier molecular flexibility index (Phi) is 7.11. The van der Waals surface area contributed by atoms with Crippen LogP contribution in [-0.4, -0.2) is 38.6 Å². The van der Waals surface area contributed by atoms with Crippen molar-refractivity contribution in [3.05, 3.63) is 53.6 Å². The smallest absolute Gasteiger partial charge is 0.313 e. The van der Waals surface area contributed by atoms with Crippen LogP contribution in [0.4, 0.5) is 11.4 Å². The van der Waals surface area contributed by atoms with Gasteiger partial charge in [-0.25, -0.2) is 0 Å². The van der Waals surface area contributed by atoms with Crippen molar-refractivity contribution in [1.29, 1.82) is 0 Å². The molecule has 1 fully saturated rings. The molecule has 3 rings (SSSR count). The lowest BCUT2D eigenvalue weighted by Gasteiger charge is -2.17. The largest absolute Gasteiger partial charge is 0.495 e. The van der Waals surface area contributed by atoms with Gasteiger partial charge in [0.25, 0.3) is 0 Å². The van der Waals surface area contributed by atoms with E-state index in [-0.39, 0.29) is 0 Å². The minimum atomic E-state index is -0.691. The van der Waals surface area contributed by atoms with Gasteiger partial charge in [0, 0.05) is 25.3 Å². The van der Waals surface area contributed by atoms with E-state index in [2.05, 4.69) is 39.8 Å². The zero-order valence-corrected chi connectivity index (χ0v) is 17.2. The average Bonchev–Trinajstić information content (AvgIpc) is 3.26. The van der Waals surface area contributed by atoms with Gasteiger partial charge in [-0.05, 0) is 68.0 Å². The third kappa shape index (κ3) is 5.73. The molecule has 6 heteroatoms. The Morgan fingerprint density at radius 2 is 1.76 bits per heavy atom. The predicted molar refractivity (Wildman–Crippen MR) is 116 cm³/mol. The summed E-state index contributed by atoms with van der Waals surface area (Å²) in [7, 11) is 1.53. The van der Waals surface area contributed by atoms with Crippen molar-refractivity contribution in [3.8, 4) is 5.75 Å². The van der Waals surface area contributed by atoms with Gasteiger partial charge in [-0.2, -0.15) is 0 Å². The van der Waals surface area contributed by atoms with E-state index in [4.69, 9.17) is 4.74 Å². The first kappa shape index (κ1) is 20.7. The second kappa shape index (κ2) is 9.96. The molecular weight excluding hydrogens is 366 g/mol. The summed E-state index contributed by atoms with van der Waals surface area (Å²) in [5, 5.41) is 5.29. The number of carbonyl (C=O) groups excluding carboxylic acids is 2. The number of nitrogens with one attached hydrogen (secondary N) is 2. The molecule has 0 saturated carbocycles. The highest BCUT2D eigenvalue weighted by Crippen LogP contribution is 2.25. The molecule has 1 aliphatic heterocycles. The summed E-state index contributed by atoms with van der Waals surface area (Å²) in [6, 6.07) is 14.0. The second-order valence-corrected chi connectivity index (χ2v) is 7.38. The molecule has 6 nitrogen and oxygen atoms in total. The molecule has 0 aliphatic carbocycles. The van der Waals surface area contributed by atoms with Gasteiger partial charge in [0.05, 0.1) is 12.8 Å². The molecule has 2 amide bonds. The molecule has 0 bridgehead atoms. The normalized spacial score (nSPS) is 13.2. The highest BCUT2D eigenvalue weighted by molar-refractivity contribution is 6.39. The van der Waals surface area contributed by atoms with Crippen LogP contribution < -0.4 is 20.3 Å². The molecule has 2 aromatic carbocycles. The number of methoxy groups -OCH3 is 1.